The van der Waals surface area contributed by atoms with Crippen molar-refractivity contribution >= 4 is 11.9 Å². The summed E-state index contributed by atoms with van der Waals surface area (Å²) in [5.41, 5.74) is 0.690. The number of aromatic nitrogens is 1. The van der Waals surface area contributed by atoms with E-state index in [0.717, 1.165) is 19.5 Å². The molecular formula is C18H29N5O3. The van der Waals surface area contributed by atoms with Gasteiger partial charge in [-0.3, -0.25) is 9.69 Å². The number of nitrogens with zero attached hydrogens (tertiary/aromatic N) is 4. The third-order valence-electron chi connectivity index (χ3n) is 5.34. The van der Waals surface area contributed by atoms with Crippen LogP contribution in [0.5, 0.6) is 0 Å². The monoisotopic (exact) mass is 363 g/mol. The van der Waals surface area contributed by atoms with Crippen molar-refractivity contribution in [3.8, 4) is 0 Å². The summed E-state index contributed by atoms with van der Waals surface area (Å²) in [6.45, 7) is 8.90. The first-order valence-corrected chi connectivity index (χ1v) is 9.58. The number of hydrogen-bond acceptors (Lipinski definition) is 5. The molecular weight excluding hydrogens is 334 g/mol. The van der Waals surface area contributed by atoms with Gasteiger partial charge in [0.1, 0.15) is 0 Å². The summed E-state index contributed by atoms with van der Waals surface area (Å²) in [4.78, 5) is 30.8. The molecule has 3 heterocycles. The molecule has 1 aromatic rings. The zero-order valence-corrected chi connectivity index (χ0v) is 15.7. The van der Waals surface area contributed by atoms with E-state index in [2.05, 4.69) is 22.3 Å². The number of likely N-dealkylation sites (N-methyl/N-ethyl adjacent to an activating group) is 1. The highest BCUT2D eigenvalue weighted by Crippen LogP contribution is 2.16. The number of hydrogen-bond donors (Lipinski definition) is 1. The third-order valence-corrected chi connectivity index (χ3v) is 5.34. The smallest absolute Gasteiger partial charge is 0.317 e. The molecule has 2 aliphatic heterocycles. The highest BCUT2D eigenvalue weighted by atomic mass is 16.5. The standard InChI is InChI=1S/C18H29N5O3/c1-3-21-7-5-4-6-15(21)13-19-18(25)23-10-8-22(9-11-23)17(24)16-12-14(2)20-26-16/h12,15H,3-11,13H2,1-2H3,(H,19,25). The van der Waals surface area contributed by atoms with Crippen LogP contribution in [0.25, 0.3) is 0 Å². The van der Waals surface area contributed by atoms with E-state index < -0.39 is 0 Å². The Morgan fingerprint density at radius 3 is 2.58 bits per heavy atom. The molecule has 0 spiro atoms. The molecule has 8 nitrogen and oxygen atoms in total. The van der Waals surface area contributed by atoms with E-state index in [9.17, 15) is 9.59 Å². The van der Waals surface area contributed by atoms with E-state index in [1.165, 1.54) is 12.8 Å². The molecule has 26 heavy (non-hydrogen) atoms. The molecule has 3 rings (SSSR count). The molecule has 144 valence electrons. The van der Waals surface area contributed by atoms with E-state index in [0.29, 0.717) is 44.5 Å². The zero-order chi connectivity index (χ0) is 18.5. The molecule has 2 saturated heterocycles. The first kappa shape index (κ1) is 18.7. The largest absolute Gasteiger partial charge is 0.351 e. The predicted molar refractivity (Wildman–Crippen MR) is 97.0 cm³/mol. The lowest BCUT2D eigenvalue weighted by molar-refractivity contribution is 0.0622. The van der Waals surface area contributed by atoms with Crippen molar-refractivity contribution in [2.75, 3.05) is 45.8 Å². The van der Waals surface area contributed by atoms with Gasteiger partial charge in [-0.25, -0.2) is 4.79 Å². The van der Waals surface area contributed by atoms with Gasteiger partial charge in [0, 0.05) is 44.8 Å². The Labute approximate surface area is 154 Å². The first-order valence-electron chi connectivity index (χ1n) is 9.58. The molecule has 2 aliphatic rings. The molecule has 1 unspecified atom stereocenters. The van der Waals surface area contributed by atoms with Crippen LogP contribution < -0.4 is 5.32 Å². The Balaban J connectivity index is 1.44. The van der Waals surface area contributed by atoms with Crippen LogP contribution in [0, 0.1) is 6.92 Å². The Morgan fingerprint density at radius 1 is 1.19 bits per heavy atom. The van der Waals surface area contributed by atoms with Crippen LogP contribution in [-0.2, 0) is 0 Å². The van der Waals surface area contributed by atoms with Crippen LogP contribution in [0.15, 0.2) is 10.6 Å². The van der Waals surface area contributed by atoms with Gasteiger partial charge in [0.2, 0.25) is 5.76 Å². The fraction of sp³-hybridized carbons (Fsp3) is 0.722. The number of aryl methyl sites for hydroxylation is 1. The van der Waals surface area contributed by atoms with E-state index in [4.69, 9.17) is 4.52 Å². The molecule has 1 atom stereocenters. The number of piperazine rings is 1. The van der Waals surface area contributed by atoms with E-state index in [-0.39, 0.29) is 17.7 Å². The molecule has 0 radical (unpaired) electrons. The number of amides is 3. The summed E-state index contributed by atoms with van der Waals surface area (Å²) in [6, 6.07) is 2.05. The van der Waals surface area contributed by atoms with E-state index in [1.54, 1.807) is 22.8 Å². The number of likely N-dealkylation sites (tertiary alicyclic amines) is 1. The fourth-order valence-corrected chi connectivity index (χ4v) is 3.76. The van der Waals surface area contributed by atoms with E-state index >= 15 is 0 Å². The Hall–Kier alpha value is -2.09. The van der Waals surface area contributed by atoms with Crippen molar-refractivity contribution in [3.05, 3.63) is 17.5 Å². The first-order chi connectivity index (χ1) is 12.6. The van der Waals surface area contributed by atoms with E-state index in [1.807, 2.05) is 0 Å². The van der Waals surface area contributed by atoms with Crippen LogP contribution in [-0.4, -0.2) is 83.6 Å². The zero-order valence-electron chi connectivity index (χ0n) is 15.7. The maximum atomic E-state index is 12.4. The normalized spacial score (nSPS) is 21.7. The Bertz CT molecular complexity index is 624. The molecule has 8 heteroatoms. The van der Waals surface area contributed by atoms with Gasteiger partial charge in [0.15, 0.2) is 0 Å². The number of carbonyl (C=O) groups is 2. The van der Waals surface area contributed by atoms with Crippen molar-refractivity contribution in [1.82, 2.24) is 25.2 Å². The Kier molecular flexibility index (Phi) is 6.13. The van der Waals surface area contributed by atoms with Crippen molar-refractivity contribution < 1.29 is 14.1 Å². The highest BCUT2D eigenvalue weighted by Gasteiger charge is 2.28. The number of urea groups is 1. The van der Waals surface area contributed by atoms with Gasteiger partial charge in [-0.15, -0.1) is 0 Å². The van der Waals surface area contributed by atoms with Gasteiger partial charge in [-0.2, -0.15) is 0 Å². The van der Waals surface area contributed by atoms with Gasteiger partial charge in [-0.1, -0.05) is 18.5 Å². The van der Waals surface area contributed by atoms with Crippen molar-refractivity contribution in [3.63, 3.8) is 0 Å². The van der Waals surface area contributed by atoms with Gasteiger partial charge >= 0.3 is 6.03 Å². The molecule has 0 bridgehead atoms. The van der Waals surface area contributed by atoms with Crippen molar-refractivity contribution in [1.29, 1.82) is 0 Å². The lowest BCUT2D eigenvalue weighted by Crippen LogP contribution is -2.55. The van der Waals surface area contributed by atoms with Gasteiger partial charge in [0.25, 0.3) is 5.91 Å². The highest BCUT2D eigenvalue weighted by molar-refractivity contribution is 5.91. The average Bonchev–Trinajstić information content (AvgIpc) is 3.12. The molecule has 0 aliphatic carbocycles. The minimum atomic E-state index is -0.161. The lowest BCUT2D eigenvalue weighted by Gasteiger charge is -2.37. The second-order valence-corrected chi connectivity index (χ2v) is 7.08. The van der Waals surface area contributed by atoms with Crippen molar-refractivity contribution in [2.24, 2.45) is 0 Å². The lowest BCUT2D eigenvalue weighted by atomic mass is 10.0. The van der Waals surface area contributed by atoms with Gasteiger partial charge in [0.05, 0.1) is 5.69 Å². The second-order valence-electron chi connectivity index (χ2n) is 7.08. The minimum Gasteiger partial charge on any atom is -0.351 e. The summed E-state index contributed by atoms with van der Waals surface area (Å²) >= 11 is 0. The summed E-state index contributed by atoms with van der Waals surface area (Å²) in [6.07, 6.45) is 3.63. The summed E-state index contributed by atoms with van der Waals surface area (Å²) in [5.74, 6) is 0.101. The fourth-order valence-electron chi connectivity index (χ4n) is 3.76. The molecule has 0 aromatic carbocycles. The number of carbonyl (C=O) groups excluding carboxylic acids is 2. The maximum absolute atomic E-state index is 12.4. The molecule has 1 aromatic heterocycles. The van der Waals surface area contributed by atoms with Crippen LogP contribution in [0.3, 0.4) is 0 Å². The quantitative estimate of drug-likeness (QED) is 0.873. The molecule has 2 fully saturated rings. The molecule has 0 saturated carbocycles. The molecule has 1 N–H and O–H groups in total. The number of nitrogens with one attached hydrogen (secondary N) is 1. The summed E-state index contributed by atoms with van der Waals surface area (Å²) < 4.78 is 5.04. The minimum absolute atomic E-state index is 0.0331. The maximum Gasteiger partial charge on any atom is 0.317 e. The van der Waals surface area contributed by atoms with Crippen LogP contribution in [0.1, 0.15) is 42.4 Å². The van der Waals surface area contributed by atoms with Gasteiger partial charge in [-0.05, 0) is 32.9 Å². The number of rotatable bonds is 4. The SMILES string of the molecule is CCN1CCCCC1CNC(=O)N1CCN(C(=O)c2cc(C)no2)CC1. The summed E-state index contributed by atoms with van der Waals surface area (Å²) in [5, 5.41) is 6.84. The summed E-state index contributed by atoms with van der Waals surface area (Å²) in [7, 11) is 0. The topological polar surface area (TPSA) is 81.9 Å². The average molecular weight is 363 g/mol. The van der Waals surface area contributed by atoms with Crippen LogP contribution in [0.4, 0.5) is 4.79 Å². The number of piperidine rings is 1. The third kappa shape index (κ3) is 4.35. The van der Waals surface area contributed by atoms with Gasteiger partial charge < -0.3 is 19.6 Å². The predicted octanol–water partition coefficient (Wildman–Crippen LogP) is 1.32. The Morgan fingerprint density at radius 2 is 1.92 bits per heavy atom. The molecule has 3 amide bonds. The van der Waals surface area contributed by atoms with Crippen LogP contribution in [0.2, 0.25) is 0 Å². The van der Waals surface area contributed by atoms with Crippen LogP contribution >= 0.6 is 0 Å². The van der Waals surface area contributed by atoms with Crippen molar-refractivity contribution in [2.45, 2.75) is 39.2 Å². The second kappa shape index (κ2) is 8.53.